The number of nitrogens with one attached hydrogen (secondary N) is 6. The van der Waals surface area contributed by atoms with Gasteiger partial charge < -0.3 is 68.7 Å². The molecule has 22 heteroatoms. The van der Waals surface area contributed by atoms with Crippen molar-refractivity contribution >= 4 is 53.3 Å². The number of aliphatic hydroxyl groups excluding tert-OH is 2. The molecule has 0 aliphatic carbocycles. The molecule has 0 unspecified atom stereocenters. The summed E-state index contributed by atoms with van der Waals surface area (Å²) in [6.45, 7) is 7.42. The van der Waals surface area contributed by atoms with Gasteiger partial charge >= 0.3 is 11.9 Å². The highest BCUT2D eigenvalue weighted by atomic mass is 16.4. The van der Waals surface area contributed by atoms with Crippen molar-refractivity contribution in [1.29, 1.82) is 0 Å². The summed E-state index contributed by atoms with van der Waals surface area (Å²) in [4.78, 5) is 120. The SMILES string of the molecule is CC[C@H](C)[C@H](NC(=O)[C@@H](NC(=O)[C@@H](NC(=O)[C@H](CC(=O)O)NC(=O)[C@H](CCCCN)NC(=O)[C@H](Cc1ccccc1)NC(=O)[C@@H]1CCCN1C(=O)[C@@H](N)CO)[C@@H](C)O)C(C)C)C(=O)O. The molecular weight excluding hydrogens is 839 g/mol. The van der Waals surface area contributed by atoms with Crippen molar-refractivity contribution in [3.05, 3.63) is 35.9 Å². The third kappa shape index (κ3) is 16.8. The minimum atomic E-state index is -1.87. The Kier molecular flexibility index (Phi) is 22.8. The third-order valence-corrected chi connectivity index (χ3v) is 10.9. The fourth-order valence-electron chi connectivity index (χ4n) is 6.97. The summed E-state index contributed by atoms with van der Waals surface area (Å²) in [7, 11) is 0. The van der Waals surface area contributed by atoms with Crippen molar-refractivity contribution in [1.82, 2.24) is 36.8 Å². The molecular formula is C42H67N9O13. The zero-order valence-electron chi connectivity index (χ0n) is 37.1. The summed E-state index contributed by atoms with van der Waals surface area (Å²) >= 11 is 0. The van der Waals surface area contributed by atoms with E-state index in [9.17, 15) is 63.6 Å². The number of carboxylic acid groups (broad SMARTS) is 2. The van der Waals surface area contributed by atoms with Crippen LogP contribution in [-0.2, 0) is 49.6 Å². The van der Waals surface area contributed by atoms with Gasteiger partial charge in [0.1, 0.15) is 48.3 Å². The molecule has 0 bridgehead atoms. The maximum Gasteiger partial charge on any atom is 0.326 e. The molecule has 7 amide bonds. The Morgan fingerprint density at radius 1 is 0.750 bits per heavy atom. The molecule has 2 rings (SSSR count). The Balaban J connectivity index is 2.37. The Bertz CT molecular complexity index is 1770. The average molecular weight is 906 g/mol. The van der Waals surface area contributed by atoms with E-state index < -0.39 is 133 Å². The normalized spacial score (nSPS) is 17.8. The van der Waals surface area contributed by atoms with Crippen LogP contribution in [0, 0.1) is 11.8 Å². The molecule has 0 aromatic heterocycles. The lowest BCUT2D eigenvalue weighted by molar-refractivity contribution is -0.144. The number of likely N-dealkylation sites (tertiary alicyclic amines) is 1. The molecule has 0 radical (unpaired) electrons. The van der Waals surface area contributed by atoms with Crippen molar-refractivity contribution in [2.24, 2.45) is 23.3 Å². The van der Waals surface area contributed by atoms with Gasteiger partial charge in [-0.1, -0.05) is 64.4 Å². The number of rotatable bonds is 27. The number of unbranched alkanes of at least 4 members (excludes halogenated alkanes) is 1. The number of amides is 7. The van der Waals surface area contributed by atoms with Crippen LogP contribution in [0.1, 0.15) is 85.1 Å². The minimum absolute atomic E-state index is 0.0523. The Morgan fingerprint density at radius 3 is 1.86 bits per heavy atom. The Labute approximate surface area is 372 Å². The van der Waals surface area contributed by atoms with E-state index in [4.69, 9.17) is 11.5 Å². The molecule has 1 fully saturated rings. The summed E-state index contributed by atoms with van der Waals surface area (Å²) in [5.74, 6) is -10.2. The van der Waals surface area contributed by atoms with Crippen molar-refractivity contribution in [2.75, 3.05) is 19.7 Å². The number of hydrogen-bond acceptors (Lipinski definition) is 13. The highest BCUT2D eigenvalue weighted by molar-refractivity contribution is 5.98. The molecule has 1 heterocycles. The standard InChI is InChI=1S/C42H67N9O13/c1-6-23(4)33(42(63)64)49-39(60)32(22(2)3)48-40(61)34(24(5)53)50-37(58)29(20-31(54)55)46-35(56)27(15-10-11-17-43)45-36(57)28(19-25-13-8-7-9-14-25)47-38(59)30-16-12-18-51(30)41(62)26(44)21-52/h7-9,13-14,22-24,26-30,32-34,52-53H,6,10-12,15-21,43-44H2,1-5H3,(H,45,57)(H,46,56)(H,47,59)(H,48,61)(H,49,60)(H,50,58)(H,54,55)(H,63,64)/t23-,24+,26-,27-,28-,29-,30-,32-,33-,34-/m0/s1. The molecule has 22 nitrogen and oxygen atoms in total. The van der Waals surface area contributed by atoms with E-state index in [0.717, 1.165) is 6.92 Å². The molecule has 1 aliphatic rings. The van der Waals surface area contributed by atoms with Gasteiger partial charge in [0.25, 0.3) is 0 Å². The van der Waals surface area contributed by atoms with Gasteiger partial charge in [0.05, 0.1) is 19.1 Å². The van der Waals surface area contributed by atoms with Gasteiger partial charge in [-0.25, -0.2) is 4.79 Å². The second-order valence-electron chi connectivity index (χ2n) is 16.4. The first-order chi connectivity index (χ1) is 30.2. The third-order valence-electron chi connectivity index (χ3n) is 10.9. The first-order valence-corrected chi connectivity index (χ1v) is 21.5. The summed E-state index contributed by atoms with van der Waals surface area (Å²) in [6.07, 6.45) is -0.943. The lowest BCUT2D eigenvalue weighted by atomic mass is 9.97. The van der Waals surface area contributed by atoms with E-state index in [1.165, 1.54) is 4.90 Å². The second-order valence-corrected chi connectivity index (χ2v) is 16.4. The van der Waals surface area contributed by atoms with E-state index in [0.29, 0.717) is 24.8 Å². The van der Waals surface area contributed by atoms with Gasteiger partial charge in [0.2, 0.25) is 41.4 Å². The summed E-state index contributed by atoms with van der Waals surface area (Å²) in [6, 6.07) is -2.68. The molecule has 14 N–H and O–H groups in total. The number of aliphatic carboxylic acids is 2. The molecule has 1 aromatic rings. The minimum Gasteiger partial charge on any atom is -0.481 e. The lowest BCUT2D eigenvalue weighted by Gasteiger charge is -2.30. The number of nitrogens with two attached hydrogens (primary N) is 2. The fraction of sp³-hybridized carbons (Fsp3) is 0.643. The number of carbonyl (C=O) groups excluding carboxylic acids is 7. The Morgan fingerprint density at radius 2 is 1.31 bits per heavy atom. The Hall–Kier alpha value is -5.71. The average Bonchev–Trinajstić information content (AvgIpc) is 3.75. The summed E-state index contributed by atoms with van der Waals surface area (Å²) in [5.41, 5.74) is 12.1. The molecule has 0 saturated carbocycles. The van der Waals surface area contributed by atoms with E-state index in [-0.39, 0.29) is 38.8 Å². The first kappa shape index (κ1) is 54.4. The molecule has 1 aromatic carbocycles. The molecule has 10 atom stereocenters. The number of nitrogens with zero attached hydrogens (tertiary/aromatic N) is 1. The smallest absolute Gasteiger partial charge is 0.326 e. The number of hydrogen-bond donors (Lipinski definition) is 12. The maximum absolute atomic E-state index is 14.1. The summed E-state index contributed by atoms with van der Waals surface area (Å²) < 4.78 is 0. The molecule has 1 saturated heterocycles. The lowest BCUT2D eigenvalue weighted by Crippen LogP contribution is -2.62. The highest BCUT2D eigenvalue weighted by Crippen LogP contribution is 2.19. The van der Waals surface area contributed by atoms with Gasteiger partial charge in [0, 0.05) is 13.0 Å². The molecule has 0 spiro atoms. The fourth-order valence-corrected chi connectivity index (χ4v) is 6.97. The second kappa shape index (κ2) is 26.8. The predicted octanol–water partition coefficient (Wildman–Crippen LogP) is -2.78. The van der Waals surface area contributed by atoms with Crippen LogP contribution >= 0.6 is 0 Å². The van der Waals surface area contributed by atoms with Crippen molar-refractivity contribution < 1.29 is 63.6 Å². The van der Waals surface area contributed by atoms with Crippen molar-refractivity contribution in [2.45, 2.75) is 140 Å². The number of benzene rings is 1. The van der Waals surface area contributed by atoms with Crippen LogP contribution in [0.3, 0.4) is 0 Å². The van der Waals surface area contributed by atoms with Crippen LogP contribution in [0.15, 0.2) is 30.3 Å². The molecule has 64 heavy (non-hydrogen) atoms. The zero-order valence-corrected chi connectivity index (χ0v) is 37.1. The first-order valence-electron chi connectivity index (χ1n) is 21.5. The van der Waals surface area contributed by atoms with E-state index in [1.54, 1.807) is 58.0 Å². The maximum atomic E-state index is 14.1. The van der Waals surface area contributed by atoms with Gasteiger partial charge in [-0.3, -0.25) is 38.4 Å². The monoisotopic (exact) mass is 905 g/mol. The number of carboxylic acids is 2. The quantitative estimate of drug-likeness (QED) is 0.0398. The van der Waals surface area contributed by atoms with Crippen molar-refractivity contribution in [3.8, 4) is 0 Å². The van der Waals surface area contributed by atoms with Gasteiger partial charge in [-0.15, -0.1) is 0 Å². The van der Waals surface area contributed by atoms with Gasteiger partial charge in [-0.05, 0) is 63.0 Å². The topological polar surface area (TPSA) is 362 Å². The zero-order chi connectivity index (χ0) is 48.3. The van der Waals surface area contributed by atoms with E-state index in [1.807, 2.05) is 0 Å². The molecule has 358 valence electrons. The van der Waals surface area contributed by atoms with Crippen LogP contribution in [0.25, 0.3) is 0 Å². The number of aliphatic hydroxyl groups is 2. The largest absolute Gasteiger partial charge is 0.481 e. The highest BCUT2D eigenvalue weighted by Gasteiger charge is 2.39. The van der Waals surface area contributed by atoms with E-state index in [2.05, 4.69) is 31.9 Å². The predicted molar refractivity (Wildman–Crippen MR) is 230 cm³/mol. The van der Waals surface area contributed by atoms with Crippen LogP contribution in [0.2, 0.25) is 0 Å². The van der Waals surface area contributed by atoms with Gasteiger partial charge in [0.15, 0.2) is 0 Å². The van der Waals surface area contributed by atoms with Crippen LogP contribution in [0.5, 0.6) is 0 Å². The van der Waals surface area contributed by atoms with Crippen LogP contribution in [-0.4, -0.2) is 153 Å². The van der Waals surface area contributed by atoms with Crippen LogP contribution < -0.4 is 43.4 Å². The van der Waals surface area contributed by atoms with Gasteiger partial charge in [-0.2, -0.15) is 0 Å². The number of carbonyl (C=O) groups is 9. The molecule has 1 aliphatic heterocycles. The summed E-state index contributed by atoms with van der Waals surface area (Å²) in [5, 5.41) is 54.1. The van der Waals surface area contributed by atoms with E-state index >= 15 is 0 Å². The van der Waals surface area contributed by atoms with Crippen molar-refractivity contribution in [3.63, 3.8) is 0 Å². The van der Waals surface area contributed by atoms with Crippen LogP contribution in [0.4, 0.5) is 0 Å².